The Morgan fingerprint density at radius 3 is 2.64 bits per heavy atom. The molecular formula is C19H27N3O2S. The van der Waals surface area contributed by atoms with Gasteiger partial charge in [-0.25, -0.2) is 4.98 Å². The van der Waals surface area contributed by atoms with Crippen LogP contribution in [0.2, 0.25) is 0 Å². The van der Waals surface area contributed by atoms with Crippen LogP contribution in [0.25, 0.3) is 10.2 Å². The number of amides is 1. The zero-order valence-corrected chi connectivity index (χ0v) is 16.4. The van der Waals surface area contributed by atoms with E-state index in [0.717, 1.165) is 31.2 Å². The molecule has 136 valence electrons. The largest absolute Gasteiger partial charge is 0.333 e. The lowest BCUT2D eigenvalue weighted by atomic mass is 9.97. The van der Waals surface area contributed by atoms with Crippen molar-refractivity contribution in [2.45, 2.75) is 78.4 Å². The topological polar surface area (TPSA) is 55.2 Å². The zero-order chi connectivity index (χ0) is 18.1. The lowest BCUT2D eigenvalue weighted by Gasteiger charge is -2.39. The summed E-state index contributed by atoms with van der Waals surface area (Å²) in [5.74, 6) is 0.0553. The summed E-state index contributed by atoms with van der Waals surface area (Å²) in [5.41, 5.74) is 0.768. The quantitative estimate of drug-likeness (QED) is 0.828. The fourth-order valence-electron chi connectivity index (χ4n) is 3.79. The molecule has 0 aliphatic carbocycles. The number of carbonyl (C=O) groups is 1. The van der Waals surface area contributed by atoms with Crippen LogP contribution < -0.4 is 5.56 Å². The Morgan fingerprint density at radius 2 is 2.00 bits per heavy atom. The van der Waals surface area contributed by atoms with Gasteiger partial charge in [0.15, 0.2) is 0 Å². The molecule has 2 atom stereocenters. The van der Waals surface area contributed by atoms with Gasteiger partial charge in [0, 0.05) is 18.6 Å². The maximum Gasteiger partial charge on any atom is 0.264 e. The first-order chi connectivity index (χ1) is 12.0. The van der Waals surface area contributed by atoms with E-state index in [1.54, 1.807) is 10.9 Å². The Kier molecular flexibility index (Phi) is 5.27. The second-order valence-electron chi connectivity index (χ2n) is 7.17. The van der Waals surface area contributed by atoms with Crippen LogP contribution in [-0.2, 0) is 6.54 Å². The molecule has 25 heavy (non-hydrogen) atoms. The third-order valence-corrected chi connectivity index (χ3v) is 6.48. The molecule has 0 N–H and O–H groups in total. The number of hydrogen-bond acceptors (Lipinski definition) is 4. The SMILES string of the molecule is CCCCn1cnc2sc(C(=O)N3C(C)CCCC3C)c(C)c2c1=O. The number of unbranched alkanes of at least 4 members (excludes halogenated alkanes) is 1. The maximum atomic E-state index is 13.2. The van der Waals surface area contributed by atoms with E-state index < -0.39 is 0 Å². The van der Waals surface area contributed by atoms with Crippen LogP contribution >= 0.6 is 11.3 Å². The van der Waals surface area contributed by atoms with E-state index in [-0.39, 0.29) is 23.6 Å². The van der Waals surface area contributed by atoms with Gasteiger partial charge in [-0.3, -0.25) is 14.2 Å². The van der Waals surface area contributed by atoms with Gasteiger partial charge in [0.05, 0.1) is 16.6 Å². The highest BCUT2D eigenvalue weighted by molar-refractivity contribution is 7.20. The summed E-state index contributed by atoms with van der Waals surface area (Å²) in [6, 6.07) is 0.491. The molecule has 3 heterocycles. The molecule has 2 unspecified atom stereocenters. The molecule has 2 aromatic rings. The molecule has 0 radical (unpaired) electrons. The fraction of sp³-hybridized carbons (Fsp3) is 0.632. The van der Waals surface area contributed by atoms with Gasteiger partial charge in [0.1, 0.15) is 4.83 Å². The standard InChI is InChI=1S/C19H27N3O2S/c1-5-6-10-21-11-20-17-15(18(21)23)14(4)16(25-17)19(24)22-12(2)8-7-9-13(22)3/h11-13H,5-10H2,1-4H3. The van der Waals surface area contributed by atoms with Gasteiger partial charge in [0.25, 0.3) is 11.5 Å². The minimum Gasteiger partial charge on any atom is -0.333 e. The van der Waals surface area contributed by atoms with Gasteiger partial charge in [-0.2, -0.15) is 0 Å². The fourth-order valence-corrected chi connectivity index (χ4v) is 4.87. The predicted octanol–water partition coefficient (Wildman–Crippen LogP) is 3.97. The second-order valence-corrected chi connectivity index (χ2v) is 8.17. The van der Waals surface area contributed by atoms with Crippen molar-refractivity contribution in [1.29, 1.82) is 0 Å². The molecule has 5 nitrogen and oxygen atoms in total. The molecule has 2 aromatic heterocycles. The lowest BCUT2D eigenvalue weighted by molar-refractivity contribution is 0.0515. The van der Waals surface area contributed by atoms with Gasteiger partial charge in [-0.05, 0) is 52.0 Å². The number of fused-ring (bicyclic) bond motifs is 1. The van der Waals surface area contributed by atoms with Gasteiger partial charge >= 0.3 is 0 Å². The molecule has 1 aliphatic heterocycles. The van der Waals surface area contributed by atoms with Gasteiger partial charge < -0.3 is 4.90 Å². The molecule has 0 bridgehead atoms. The first-order valence-corrected chi connectivity index (χ1v) is 10.1. The lowest BCUT2D eigenvalue weighted by Crippen LogP contribution is -2.47. The van der Waals surface area contributed by atoms with Gasteiger partial charge in [0.2, 0.25) is 0 Å². The van der Waals surface area contributed by atoms with Gasteiger partial charge in [-0.15, -0.1) is 11.3 Å². The summed E-state index contributed by atoms with van der Waals surface area (Å²) in [5, 5.41) is 0.615. The highest BCUT2D eigenvalue weighted by atomic mass is 32.1. The minimum atomic E-state index is -0.0222. The molecule has 0 saturated carbocycles. The number of carbonyl (C=O) groups excluding carboxylic acids is 1. The van der Waals surface area contributed by atoms with Crippen LogP contribution in [0.15, 0.2) is 11.1 Å². The number of nitrogens with zero attached hydrogens (tertiary/aromatic N) is 3. The average molecular weight is 362 g/mol. The Labute approximate surface area is 152 Å². The van der Waals surface area contributed by atoms with E-state index in [1.165, 1.54) is 17.8 Å². The minimum absolute atomic E-state index is 0.0222. The van der Waals surface area contributed by atoms with E-state index in [2.05, 4.69) is 25.8 Å². The van der Waals surface area contributed by atoms with Crippen molar-refractivity contribution in [3.05, 3.63) is 27.1 Å². The van der Waals surface area contributed by atoms with Crippen LogP contribution in [0, 0.1) is 6.92 Å². The van der Waals surface area contributed by atoms with Crippen molar-refractivity contribution in [2.24, 2.45) is 0 Å². The van der Waals surface area contributed by atoms with E-state index in [0.29, 0.717) is 21.6 Å². The Balaban J connectivity index is 2.02. The van der Waals surface area contributed by atoms with Crippen molar-refractivity contribution in [3.8, 4) is 0 Å². The molecule has 1 aliphatic rings. The zero-order valence-electron chi connectivity index (χ0n) is 15.5. The molecule has 1 fully saturated rings. The number of rotatable bonds is 4. The van der Waals surface area contributed by atoms with Crippen LogP contribution in [0.1, 0.15) is 68.1 Å². The molecule has 0 aromatic carbocycles. The molecule has 3 rings (SSSR count). The number of aryl methyl sites for hydroxylation is 2. The van der Waals surface area contributed by atoms with Crippen LogP contribution in [0.5, 0.6) is 0 Å². The monoisotopic (exact) mass is 361 g/mol. The van der Waals surface area contributed by atoms with E-state index in [1.807, 2.05) is 11.8 Å². The summed E-state index contributed by atoms with van der Waals surface area (Å²) in [6.45, 7) is 8.90. The van der Waals surface area contributed by atoms with Gasteiger partial charge in [-0.1, -0.05) is 13.3 Å². The summed E-state index contributed by atoms with van der Waals surface area (Å²) in [6.07, 6.45) is 6.86. The van der Waals surface area contributed by atoms with E-state index >= 15 is 0 Å². The van der Waals surface area contributed by atoms with Crippen molar-refractivity contribution < 1.29 is 4.79 Å². The molecule has 1 amide bonds. The summed E-state index contributed by atoms with van der Waals surface area (Å²) in [4.78, 5) is 33.8. The smallest absolute Gasteiger partial charge is 0.264 e. The summed E-state index contributed by atoms with van der Waals surface area (Å²) in [7, 11) is 0. The Bertz CT molecular complexity index is 829. The van der Waals surface area contributed by atoms with Crippen LogP contribution in [-0.4, -0.2) is 32.4 Å². The van der Waals surface area contributed by atoms with Crippen molar-refractivity contribution in [3.63, 3.8) is 0 Å². The third kappa shape index (κ3) is 3.24. The second kappa shape index (κ2) is 7.28. The Hall–Kier alpha value is -1.69. The molecule has 0 spiro atoms. The van der Waals surface area contributed by atoms with Crippen LogP contribution in [0.3, 0.4) is 0 Å². The summed E-state index contributed by atoms with van der Waals surface area (Å²) < 4.78 is 1.67. The highest BCUT2D eigenvalue weighted by Crippen LogP contribution is 2.31. The average Bonchev–Trinajstić information content (AvgIpc) is 2.91. The first-order valence-electron chi connectivity index (χ1n) is 9.26. The number of aromatic nitrogens is 2. The molecule has 1 saturated heterocycles. The van der Waals surface area contributed by atoms with E-state index in [9.17, 15) is 9.59 Å². The number of piperidine rings is 1. The van der Waals surface area contributed by atoms with Crippen molar-refractivity contribution in [1.82, 2.24) is 14.5 Å². The number of likely N-dealkylation sites (tertiary alicyclic amines) is 1. The first kappa shape index (κ1) is 18.1. The molecule has 6 heteroatoms. The predicted molar refractivity (Wildman–Crippen MR) is 102 cm³/mol. The summed E-state index contributed by atoms with van der Waals surface area (Å²) >= 11 is 1.36. The third-order valence-electron chi connectivity index (χ3n) is 5.29. The highest BCUT2D eigenvalue weighted by Gasteiger charge is 2.32. The maximum absolute atomic E-state index is 13.2. The van der Waals surface area contributed by atoms with E-state index in [4.69, 9.17) is 0 Å². The van der Waals surface area contributed by atoms with Crippen LogP contribution in [0.4, 0.5) is 0 Å². The Morgan fingerprint density at radius 1 is 1.32 bits per heavy atom. The number of thiophene rings is 1. The number of hydrogen-bond donors (Lipinski definition) is 0. The normalized spacial score (nSPS) is 21.0. The van der Waals surface area contributed by atoms with Crippen molar-refractivity contribution >= 4 is 27.5 Å². The molecular weight excluding hydrogens is 334 g/mol. The van der Waals surface area contributed by atoms with Crippen molar-refractivity contribution in [2.75, 3.05) is 0 Å².